The van der Waals surface area contributed by atoms with Gasteiger partial charge in [-0.3, -0.25) is 0 Å². The summed E-state index contributed by atoms with van der Waals surface area (Å²) in [6, 6.07) is 0. The first-order valence-electron chi connectivity index (χ1n) is 4.96. The Kier molecular flexibility index (Phi) is 79.2. The molecule has 0 aromatic rings. The number of aliphatic hydroxyl groups is 3. The van der Waals surface area contributed by atoms with Crippen LogP contribution in [0.2, 0.25) is 0 Å². The van der Waals surface area contributed by atoms with E-state index in [9.17, 15) is 4.79 Å². The zero-order valence-corrected chi connectivity index (χ0v) is 12.5. The molecule has 0 aliphatic carbocycles. The third-order valence-corrected chi connectivity index (χ3v) is 0.411. The molecule has 0 aromatic carbocycles. The molecular formula is C11H25O5Ti-. The van der Waals surface area contributed by atoms with E-state index in [-0.39, 0.29) is 48.1 Å². The van der Waals surface area contributed by atoms with E-state index in [0.717, 1.165) is 6.08 Å². The zero-order valence-electron chi connectivity index (χ0n) is 11.0. The topological polar surface area (TPSA) is 87.0 Å². The van der Waals surface area contributed by atoms with E-state index in [0.29, 0.717) is 0 Å². The summed E-state index contributed by atoms with van der Waals surface area (Å²) in [5, 5.41) is 22.7. The average molecular weight is 285 g/mol. The summed E-state index contributed by atoms with van der Waals surface area (Å²) in [5.74, 6) is -0.421. The summed E-state index contributed by atoms with van der Waals surface area (Å²) in [4.78, 5) is 10.0. The molecule has 0 fully saturated rings. The van der Waals surface area contributed by atoms with E-state index in [1.165, 1.54) is 0 Å². The molecular weight excluding hydrogens is 260 g/mol. The molecule has 0 radical (unpaired) electrons. The van der Waals surface area contributed by atoms with Gasteiger partial charge in [-0.1, -0.05) is 6.58 Å². The molecule has 17 heavy (non-hydrogen) atoms. The Morgan fingerprint density at radius 1 is 1.18 bits per heavy atom. The molecule has 0 rings (SSSR count). The van der Waals surface area contributed by atoms with Gasteiger partial charge in [-0.2, -0.15) is 0 Å². The van der Waals surface area contributed by atoms with Crippen LogP contribution in [0, 0.1) is 6.92 Å². The van der Waals surface area contributed by atoms with Crippen LogP contribution in [0.5, 0.6) is 0 Å². The molecule has 0 saturated heterocycles. The van der Waals surface area contributed by atoms with E-state index < -0.39 is 5.97 Å². The number of rotatable bonds is 2. The largest absolute Gasteiger partial charge is 0.496 e. The summed E-state index contributed by atoms with van der Waals surface area (Å²) in [6.45, 7) is 12.4. The van der Waals surface area contributed by atoms with Gasteiger partial charge in [0.2, 0.25) is 0 Å². The third kappa shape index (κ3) is 130. The first-order chi connectivity index (χ1) is 7.55. The number of hydrogen-bond acceptors (Lipinski definition) is 5. The van der Waals surface area contributed by atoms with Crippen molar-refractivity contribution in [3.05, 3.63) is 19.6 Å². The monoisotopic (exact) mass is 285 g/mol. The van der Waals surface area contributed by atoms with Crippen LogP contribution in [0.15, 0.2) is 12.7 Å². The van der Waals surface area contributed by atoms with Gasteiger partial charge in [0, 0.05) is 47.6 Å². The Hall–Kier alpha value is -0.196. The van der Waals surface area contributed by atoms with Gasteiger partial charge < -0.3 is 27.0 Å². The van der Waals surface area contributed by atoms with Crippen LogP contribution < -0.4 is 0 Å². The van der Waals surface area contributed by atoms with Crippen LogP contribution in [0.3, 0.4) is 0 Å². The zero-order chi connectivity index (χ0) is 13.8. The molecule has 0 saturated carbocycles. The van der Waals surface area contributed by atoms with Gasteiger partial charge in [0.25, 0.3) is 0 Å². The Balaban J connectivity index is -0.0000000411. The predicted molar refractivity (Wildman–Crippen MR) is 64.8 cm³/mol. The minimum absolute atomic E-state index is 0. The van der Waals surface area contributed by atoms with Gasteiger partial charge in [-0.15, -0.1) is 0 Å². The van der Waals surface area contributed by atoms with Crippen molar-refractivity contribution < 1.29 is 46.6 Å². The van der Waals surface area contributed by atoms with Crippen LogP contribution in [0.1, 0.15) is 20.8 Å². The fourth-order valence-corrected chi connectivity index (χ4v) is 0.160. The van der Waals surface area contributed by atoms with Crippen LogP contribution in [0.4, 0.5) is 0 Å². The SMILES string of the molecule is C=CC(=O)OC[CH2-].CCO.CCO.CCO.[Ti]. The number of carbonyl (C=O) groups excluding carboxylic acids is 1. The summed E-state index contributed by atoms with van der Waals surface area (Å²) in [7, 11) is 0. The van der Waals surface area contributed by atoms with Crippen LogP contribution in [-0.4, -0.2) is 47.7 Å². The fourth-order valence-electron chi connectivity index (χ4n) is 0.160. The molecule has 0 aromatic heterocycles. The molecule has 0 unspecified atom stereocenters. The summed E-state index contributed by atoms with van der Waals surface area (Å²) in [5.41, 5.74) is 0. The van der Waals surface area contributed by atoms with Gasteiger partial charge in [0.15, 0.2) is 0 Å². The van der Waals surface area contributed by atoms with Crippen molar-refractivity contribution in [2.75, 3.05) is 26.4 Å². The van der Waals surface area contributed by atoms with Gasteiger partial charge >= 0.3 is 5.97 Å². The summed E-state index contributed by atoms with van der Waals surface area (Å²) < 4.78 is 4.32. The minimum atomic E-state index is -0.421. The van der Waals surface area contributed by atoms with Crippen molar-refractivity contribution in [3.8, 4) is 0 Å². The second kappa shape index (κ2) is 44.7. The molecule has 0 bridgehead atoms. The molecule has 0 aliphatic rings. The minimum Gasteiger partial charge on any atom is -0.496 e. The van der Waals surface area contributed by atoms with Crippen molar-refractivity contribution in [2.45, 2.75) is 20.8 Å². The number of esters is 1. The Labute approximate surface area is 119 Å². The molecule has 5 nitrogen and oxygen atoms in total. The Morgan fingerprint density at radius 3 is 1.47 bits per heavy atom. The van der Waals surface area contributed by atoms with Crippen molar-refractivity contribution in [3.63, 3.8) is 0 Å². The summed E-state index contributed by atoms with van der Waals surface area (Å²) >= 11 is 0. The molecule has 0 heterocycles. The Bertz CT molecular complexity index is 116. The standard InChI is InChI=1S/C5H7O2.3C2H6O.Ti/c1-3-5(6)7-4-2;3*1-2-3;/h3H,1-2,4H2;3*3H,2H2,1H3;/q-1;;;;. The Morgan fingerprint density at radius 2 is 1.41 bits per heavy atom. The molecule has 0 spiro atoms. The first kappa shape index (κ1) is 30.1. The molecule has 104 valence electrons. The van der Waals surface area contributed by atoms with Crippen molar-refractivity contribution in [2.24, 2.45) is 0 Å². The van der Waals surface area contributed by atoms with E-state index in [4.69, 9.17) is 15.3 Å². The smallest absolute Gasteiger partial charge is 0.327 e. The molecule has 6 heteroatoms. The van der Waals surface area contributed by atoms with E-state index in [1.807, 2.05) is 0 Å². The number of hydrogen-bond donors (Lipinski definition) is 3. The number of carbonyl (C=O) groups is 1. The fraction of sp³-hybridized carbons (Fsp3) is 0.636. The molecule has 0 aliphatic heterocycles. The normalized spacial score (nSPS) is 6.29. The van der Waals surface area contributed by atoms with Crippen molar-refractivity contribution in [1.29, 1.82) is 0 Å². The second-order valence-corrected chi connectivity index (χ2v) is 1.82. The molecule has 0 atom stereocenters. The maximum absolute atomic E-state index is 10.0. The van der Waals surface area contributed by atoms with Gasteiger partial charge in [-0.05, 0) is 27.4 Å². The third-order valence-electron chi connectivity index (χ3n) is 0.411. The van der Waals surface area contributed by atoms with Gasteiger partial charge in [0.1, 0.15) is 0 Å². The molecule has 3 N–H and O–H groups in total. The average Bonchev–Trinajstić information content (AvgIpc) is 2.21. The van der Waals surface area contributed by atoms with Crippen LogP contribution in [0.25, 0.3) is 0 Å². The second-order valence-electron chi connectivity index (χ2n) is 1.82. The van der Waals surface area contributed by atoms with Gasteiger partial charge in [0.05, 0.1) is 0 Å². The first-order valence-corrected chi connectivity index (χ1v) is 4.96. The van der Waals surface area contributed by atoms with Crippen LogP contribution >= 0.6 is 0 Å². The van der Waals surface area contributed by atoms with Crippen LogP contribution in [-0.2, 0) is 31.2 Å². The molecule has 0 amide bonds. The maximum Gasteiger partial charge on any atom is 0.327 e. The van der Waals surface area contributed by atoms with Gasteiger partial charge in [-0.25, -0.2) is 4.79 Å². The van der Waals surface area contributed by atoms with E-state index in [1.54, 1.807) is 20.8 Å². The quantitative estimate of drug-likeness (QED) is 0.298. The van der Waals surface area contributed by atoms with E-state index >= 15 is 0 Å². The van der Waals surface area contributed by atoms with E-state index in [2.05, 4.69) is 18.2 Å². The predicted octanol–water partition coefficient (Wildman–Crippen LogP) is 0.543. The number of aliphatic hydroxyl groups excluding tert-OH is 3. The summed E-state index contributed by atoms with van der Waals surface area (Å²) in [6.07, 6.45) is 1.10. The number of ether oxygens (including phenoxy) is 1. The van der Waals surface area contributed by atoms with Crippen molar-refractivity contribution in [1.82, 2.24) is 0 Å². The van der Waals surface area contributed by atoms with Crippen molar-refractivity contribution >= 4 is 5.97 Å². The maximum atomic E-state index is 10.0.